The van der Waals surface area contributed by atoms with E-state index in [1.165, 1.54) is 23.1 Å². The summed E-state index contributed by atoms with van der Waals surface area (Å²) in [5.74, 6) is 1.14. The zero-order chi connectivity index (χ0) is 14.5. The van der Waals surface area contributed by atoms with Crippen molar-refractivity contribution in [3.05, 3.63) is 28.5 Å². The zero-order valence-corrected chi connectivity index (χ0v) is 12.9. The highest BCUT2D eigenvalue weighted by Gasteiger charge is 2.10. The van der Waals surface area contributed by atoms with Crippen LogP contribution in [-0.2, 0) is 17.0 Å². The Morgan fingerprint density at radius 1 is 1.40 bits per heavy atom. The fraction of sp³-hybridized carbons (Fsp3) is 0.333. The number of hydrogen-bond donors (Lipinski definition) is 1. The highest BCUT2D eigenvalue weighted by Crippen LogP contribution is 2.25. The molecule has 2 N–H and O–H groups in total. The summed E-state index contributed by atoms with van der Waals surface area (Å²) in [6, 6.07) is 0. The lowest BCUT2D eigenvalue weighted by Gasteiger charge is -2.07. The van der Waals surface area contributed by atoms with Crippen molar-refractivity contribution in [2.75, 3.05) is 19.8 Å². The maximum Gasteiger partial charge on any atom is 0.228 e. The Balaban J connectivity index is 1.93. The fourth-order valence-corrected chi connectivity index (χ4v) is 3.03. The highest BCUT2D eigenvalue weighted by atomic mass is 32.2. The second-order valence-corrected chi connectivity index (χ2v) is 6.14. The normalized spacial score (nSPS) is 10.5. The van der Waals surface area contributed by atoms with Crippen molar-refractivity contribution >= 4 is 34.8 Å². The summed E-state index contributed by atoms with van der Waals surface area (Å²) in [5, 5.41) is 3.48. The average Bonchev–Trinajstić information content (AvgIpc) is 2.85. The molecular formula is C12H15N5OS2. The molecule has 1 amide bonds. The van der Waals surface area contributed by atoms with Gasteiger partial charge in [0.2, 0.25) is 5.91 Å². The predicted octanol–water partition coefficient (Wildman–Crippen LogP) is 1.44. The van der Waals surface area contributed by atoms with Crippen LogP contribution in [0.3, 0.4) is 0 Å². The first-order valence-corrected chi connectivity index (χ1v) is 7.75. The van der Waals surface area contributed by atoms with Crippen LogP contribution >= 0.6 is 23.1 Å². The molecule has 20 heavy (non-hydrogen) atoms. The first-order valence-electron chi connectivity index (χ1n) is 5.89. The number of hydrogen-bond acceptors (Lipinski definition) is 7. The van der Waals surface area contributed by atoms with Crippen LogP contribution < -0.4 is 5.73 Å². The van der Waals surface area contributed by atoms with Gasteiger partial charge in [0.05, 0.1) is 12.1 Å². The minimum atomic E-state index is 0.0525. The second-order valence-electron chi connectivity index (χ2n) is 4.23. The van der Waals surface area contributed by atoms with Crippen molar-refractivity contribution in [2.45, 2.75) is 17.2 Å². The van der Waals surface area contributed by atoms with E-state index in [1.807, 2.05) is 5.38 Å². The summed E-state index contributed by atoms with van der Waals surface area (Å²) in [5.41, 5.74) is 6.65. The number of likely N-dealkylation sites (N-methyl/N-ethyl adjacent to an activating group) is 1. The maximum atomic E-state index is 11.6. The first-order chi connectivity index (χ1) is 9.56. The van der Waals surface area contributed by atoms with Gasteiger partial charge in [-0.05, 0) is 0 Å². The Morgan fingerprint density at radius 2 is 2.15 bits per heavy atom. The van der Waals surface area contributed by atoms with Crippen LogP contribution in [0.5, 0.6) is 0 Å². The van der Waals surface area contributed by atoms with Crippen molar-refractivity contribution in [3.63, 3.8) is 0 Å². The number of rotatable bonds is 5. The SMILES string of the molecule is CN(C)C(=O)Cc1nc(CSc2nccnc2N)cs1. The number of nitrogens with zero attached hydrogens (tertiary/aromatic N) is 4. The molecule has 0 aliphatic heterocycles. The summed E-state index contributed by atoms with van der Waals surface area (Å²) in [6.45, 7) is 0. The van der Waals surface area contributed by atoms with Crippen LogP contribution in [0.1, 0.15) is 10.7 Å². The van der Waals surface area contributed by atoms with Gasteiger partial charge in [0.15, 0.2) is 5.82 Å². The summed E-state index contributed by atoms with van der Waals surface area (Å²) < 4.78 is 0. The smallest absolute Gasteiger partial charge is 0.228 e. The summed E-state index contributed by atoms with van der Waals surface area (Å²) in [4.78, 5) is 25.7. The van der Waals surface area contributed by atoms with E-state index < -0.39 is 0 Å². The molecule has 106 valence electrons. The fourth-order valence-electron chi connectivity index (χ4n) is 1.37. The molecule has 0 aromatic carbocycles. The van der Waals surface area contributed by atoms with Crippen LogP contribution in [0.4, 0.5) is 5.82 Å². The number of amides is 1. The number of carbonyl (C=O) groups is 1. The molecule has 2 rings (SSSR count). The van der Waals surface area contributed by atoms with Gasteiger partial charge in [0.25, 0.3) is 0 Å². The van der Waals surface area contributed by atoms with Crippen molar-refractivity contribution in [1.82, 2.24) is 19.9 Å². The van der Waals surface area contributed by atoms with Crippen LogP contribution in [0.25, 0.3) is 0 Å². The van der Waals surface area contributed by atoms with E-state index in [0.717, 1.165) is 10.7 Å². The van der Waals surface area contributed by atoms with Crippen LogP contribution in [0, 0.1) is 0 Å². The molecule has 2 aromatic rings. The summed E-state index contributed by atoms with van der Waals surface area (Å²) in [7, 11) is 3.48. The monoisotopic (exact) mass is 309 g/mol. The molecule has 0 fully saturated rings. The van der Waals surface area contributed by atoms with Crippen LogP contribution in [-0.4, -0.2) is 39.9 Å². The second kappa shape index (κ2) is 6.67. The topological polar surface area (TPSA) is 85.0 Å². The first kappa shape index (κ1) is 14.7. The van der Waals surface area contributed by atoms with Gasteiger partial charge in [0.1, 0.15) is 10.0 Å². The number of nitrogens with two attached hydrogens (primary N) is 1. The number of anilines is 1. The lowest BCUT2D eigenvalue weighted by atomic mass is 10.4. The van der Waals surface area contributed by atoms with E-state index in [0.29, 0.717) is 23.0 Å². The van der Waals surface area contributed by atoms with Crippen LogP contribution in [0.2, 0.25) is 0 Å². The van der Waals surface area contributed by atoms with Gasteiger partial charge in [-0.15, -0.1) is 11.3 Å². The van der Waals surface area contributed by atoms with Gasteiger partial charge in [-0.1, -0.05) is 11.8 Å². The van der Waals surface area contributed by atoms with E-state index >= 15 is 0 Å². The number of thioether (sulfide) groups is 1. The van der Waals surface area contributed by atoms with Crippen molar-refractivity contribution in [1.29, 1.82) is 0 Å². The third-order valence-electron chi connectivity index (χ3n) is 2.45. The third kappa shape index (κ3) is 3.91. The van der Waals surface area contributed by atoms with E-state index in [9.17, 15) is 4.79 Å². The third-order valence-corrected chi connectivity index (χ3v) is 4.37. The van der Waals surface area contributed by atoms with Crippen LogP contribution in [0.15, 0.2) is 22.8 Å². The van der Waals surface area contributed by atoms with E-state index in [-0.39, 0.29) is 5.91 Å². The predicted molar refractivity (Wildman–Crippen MR) is 80.5 cm³/mol. The van der Waals surface area contributed by atoms with Crippen molar-refractivity contribution in [2.24, 2.45) is 0 Å². The number of aromatic nitrogens is 3. The molecule has 0 saturated carbocycles. The van der Waals surface area contributed by atoms with E-state index in [4.69, 9.17) is 5.73 Å². The molecule has 0 atom stereocenters. The van der Waals surface area contributed by atoms with Gasteiger partial charge < -0.3 is 10.6 Å². The lowest BCUT2D eigenvalue weighted by molar-refractivity contribution is -0.127. The number of nitrogen functional groups attached to an aromatic ring is 1. The minimum Gasteiger partial charge on any atom is -0.381 e. The number of carbonyl (C=O) groups excluding carboxylic acids is 1. The Labute approximate surface area is 125 Å². The molecule has 0 bridgehead atoms. The van der Waals surface area contributed by atoms with Gasteiger partial charge in [-0.3, -0.25) is 4.79 Å². The molecule has 2 heterocycles. The van der Waals surface area contributed by atoms with E-state index in [1.54, 1.807) is 31.4 Å². The Bertz CT molecular complexity index is 599. The van der Waals surface area contributed by atoms with Gasteiger partial charge in [-0.25, -0.2) is 15.0 Å². The van der Waals surface area contributed by atoms with Crippen molar-refractivity contribution < 1.29 is 4.79 Å². The molecular weight excluding hydrogens is 294 g/mol. The summed E-state index contributed by atoms with van der Waals surface area (Å²) in [6.07, 6.45) is 3.52. The quantitative estimate of drug-likeness (QED) is 0.841. The molecule has 0 unspecified atom stereocenters. The van der Waals surface area contributed by atoms with Crippen molar-refractivity contribution in [3.8, 4) is 0 Å². The molecule has 8 heteroatoms. The molecule has 0 spiro atoms. The maximum absolute atomic E-state index is 11.6. The van der Waals surface area contributed by atoms with E-state index in [2.05, 4.69) is 15.0 Å². The average molecular weight is 309 g/mol. The molecule has 2 aromatic heterocycles. The van der Waals surface area contributed by atoms with Gasteiger partial charge in [0, 0.05) is 37.6 Å². The Hall–Kier alpha value is -1.67. The lowest BCUT2D eigenvalue weighted by Crippen LogP contribution is -2.23. The Kier molecular flexibility index (Phi) is 4.91. The highest BCUT2D eigenvalue weighted by molar-refractivity contribution is 7.98. The molecule has 0 saturated heterocycles. The summed E-state index contributed by atoms with van der Waals surface area (Å²) >= 11 is 2.98. The molecule has 6 nitrogen and oxygen atoms in total. The minimum absolute atomic E-state index is 0.0525. The number of thiazole rings is 1. The standard InChI is InChI=1S/C12H15N5OS2/c1-17(2)10(18)5-9-16-8(6-19-9)7-20-12-11(13)14-3-4-15-12/h3-4,6H,5,7H2,1-2H3,(H2,13,14). The van der Waals surface area contributed by atoms with Gasteiger partial charge >= 0.3 is 0 Å². The molecule has 0 aliphatic carbocycles. The Morgan fingerprint density at radius 3 is 2.85 bits per heavy atom. The zero-order valence-electron chi connectivity index (χ0n) is 11.2. The largest absolute Gasteiger partial charge is 0.381 e. The van der Waals surface area contributed by atoms with Gasteiger partial charge in [-0.2, -0.15) is 0 Å². The molecule has 0 aliphatic rings. The molecule has 0 radical (unpaired) electrons.